The summed E-state index contributed by atoms with van der Waals surface area (Å²) in [6.07, 6.45) is 8.42. The molecule has 32 heavy (non-hydrogen) atoms. The van der Waals surface area contributed by atoms with Crippen LogP contribution in [0.25, 0.3) is 11.0 Å². The fraction of sp³-hybridized carbons (Fsp3) is 0.615. The fourth-order valence-electron chi connectivity index (χ4n) is 5.95. The molecule has 1 amide bonds. The number of amides is 1. The monoisotopic (exact) mass is 439 g/mol. The summed E-state index contributed by atoms with van der Waals surface area (Å²) in [5, 5.41) is 11.9. The van der Waals surface area contributed by atoms with E-state index in [-0.39, 0.29) is 17.5 Å². The maximum absolute atomic E-state index is 13.3. The molecule has 2 aromatic rings. The van der Waals surface area contributed by atoms with Gasteiger partial charge in [-0.25, -0.2) is 4.79 Å². The van der Waals surface area contributed by atoms with Gasteiger partial charge in [-0.05, 0) is 69.1 Å². The van der Waals surface area contributed by atoms with Gasteiger partial charge in [0.05, 0.1) is 5.60 Å². The third kappa shape index (κ3) is 3.83. The van der Waals surface area contributed by atoms with Crippen molar-refractivity contribution in [1.82, 2.24) is 4.90 Å². The van der Waals surface area contributed by atoms with Crippen LogP contribution in [0.15, 0.2) is 27.4 Å². The van der Waals surface area contributed by atoms with E-state index in [9.17, 15) is 14.7 Å². The minimum Gasteiger partial charge on any atom is -0.480 e. The molecule has 1 saturated heterocycles. The van der Waals surface area contributed by atoms with Gasteiger partial charge in [0, 0.05) is 36.0 Å². The summed E-state index contributed by atoms with van der Waals surface area (Å²) >= 11 is 0. The molecule has 6 nitrogen and oxygen atoms in total. The van der Waals surface area contributed by atoms with E-state index in [0.29, 0.717) is 37.3 Å². The Balaban J connectivity index is 1.34. The second kappa shape index (κ2) is 8.54. The Morgan fingerprint density at radius 3 is 2.84 bits per heavy atom. The number of benzene rings is 1. The molecule has 1 N–H and O–H groups in total. The van der Waals surface area contributed by atoms with E-state index in [1.54, 1.807) is 6.07 Å². The van der Waals surface area contributed by atoms with Crippen LogP contribution in [-0.2, 0) is 17.6 Å². The van der Waals surface area contributed by atoms with E-state index in [1.165, 1.54) is 0 Å². The molecule has 172 valence electrons. The SMILES string of the molecule is CC[C@@H](Oc1ccc2c3c(c(=O)oc2c1)CCCC3)C(=O)N1CC[C@@]2(O)CCCC[C@H]2C1. The second-order valence-corrected chi connectivity index (χ2v) is 9.81. The number of aliphatic hydroxyl groups is 1. The van der Waals surface area contributed by atoms with Crippen molar-refractivity contribution in [3.05, 3.63) is 39.7 Å². The van der Waals surface area contributed by atoms with E-state index in [4.69, 9.17) is 9.15 Å². The first-order valence-electron chi connectivity index (χ1n) is 12.2. The molecule has 2 heterocycles. The highest BCUT2D eigenvalue weighted by Gasteiger charge is 2.44. The number of hydrogen-bond acceptors (Lipinski definition) is 5. The smallest absolute Gasteiger partial charge is 0.339 e. The molecule has 2 aliphatic carbocycles. The normalized spacial score (nSPS) is 26.3. The van der Waals surface area contributed by atoms with Crippen molar-refractivity contribution >= 4 is 16.9 Å². The fourth-order valence-corrected chi connectivity index (χ4v) is 5.95. The van der Waals surface area contributed by atoms with E-state index < -0.39 is 11.7 Å². The minimum absolute atomic E-state index is 0.0212. The van der Waals surface area contributed by atoms with Crippen LogP contribution in [-0.4, -0.2) is 40.7 Å². The summed E-state index contributed by atoms with van der Waals surface area (Å²) in [5.41, 5.74) is 1.59. The lowest BCUT2D eigenvalue weighted by Crippen LogP contribution is -2.56. The van der Waals surface area contributed by atoms with Crippen LogP contribution in [0, 0.1) is 5.92 Å². The van der Waals surface area contributed by atoms with Gasteiger partial charge in [0.1, 0.15) is 11.3 Å². The molecule has 2 fully saturated rings. The summed E-state index contributed by atoms with van der Waals surface area (Å²) in [7, 11) is 0. The molecule has 3 aliphatic rings. The van der Waals surface area contributed by atoms with Crippen molar-refractivity contribution in [3.63, 3.8) is 0 Å². The number of carbonyl (C=O) groups is 1. The summed E-state index contributed by atoms with van der Waals surface area (Å²) < 4.78 is 11.7. The van der Waals surface area contributed by atoms with Gasteiger partial charge in [0.25, 0.3) is 5.91 Å². The zero-order valence-electron chi connectivity index (χ0n) is 18.9. The first kappa shape index (κ1) is 21.5. The average molecular weight is 440 g/mol. The van der Waals surface area contributed by atoms with Gasteiger partial charge in [-0.1, -0.05) is 19.8 Å². The molecule has 0 spiro atoms. The van der Waals surface area contributed by atoms with Gasteiger partial charge in [0.15, 0.2) is 6.10 Å². The van der Waals surface area contributed by atoms with Gasteiger partial charge < -0.3 is 19.2 Å². The average Bonchev–Trinajstić information content (AvgIpc) is 2.81. The first-order valence-corrected chi connectivity index (χ1v) is 12.2. The molecule has 3 atom stereocenters. The number of hydrogen-bond donors (Lipinski definition) is 1. The van der Waals surface area contributed by atoms with Crippen LogP contribution >= 0.6 is 0 Å². The van der Waals surface area contributed by atoms with Crippen LogP contribution in [0.5, 0.6) is 5.75 Å². The quantitative estimate of drug-likeness (QED) is 0.729. The minimum atomic E-state index is -0.605. The van der Waals surface area contributed by atoms with Gasteiger partial charge in [-0.3, -0.25) is 4.79 Å². The lowest BCUT2D eigenvalue weighted by atomic mass is 9.71. The van der Waals surface area contributed by atoms with E-state index >= 15 is 0 Å². The Labute approximate surface area is 188 Å². The molecule has 0 bridgehead atoms. The predicted octanol–water partition coefficient (Wildman–Crippen LogP) is 3.98. The molecular weight excluding hydrogens is 406 g/mol. The summed E-state index contributed by atoms with van der Waals surface area (Å²) in [6, 6.07) is 5.58. The second-order valence-electron chi connectivity index (χ2n) is 9.81. The van der Waals surface area contributed by atoms with Crippen LogP contribution < -0.4 is 10.4 Å². The number of aryl methyl sites for hydroxylation is 1. The Bertz CT molecular complexity index is 1080. The topological polar surface area (TPSA) is 80.0 Å². The molecule has 0 unspecified atom stereocenters. The zero-order chi connectivity index (χ0) is 22.3. The molecule has 0 radical (unpaired) electrons. The van der Waals surface area contributed by atoms with E-state index in [0.717, 1.165) is 67.9 Å². The largest absolute Gasteiger partial charge is 0.480 e. The highest BCUT2D eigenvalue weighted by Crippen LogP contribution is 2.40. The van der Waals surface area contributed by atoms with Crippen molar-refractivity contribution in [2.24, 2.45) is 5.92 Å². The van der Waals surface area contributed by atoms with Crippen LogP contribution in [0.2, 0.25) is 0 Å². The lowest BCUT2D eigenvalue weighted by Gasteiger charge is -2.47. The van der Waals surface area contributed by atoms with Crippen LogP contribution in [0.4, 0.5) is 0 Å². The first-order chi connectivity index (χ1) is 15.5. The Kier molecular flexibility index (Phi) is 5.74. The molecule has 6 heteroatoms. The number of rotatable bonds is 4. The Morgan fingerprint density at radius 1 is 1.22 bits per heavy atom. The molecule has 1 aliphatic heterocycles. The van der Waals surface area contributed by atoms with Crippen LogP contribution in [0.1, 0.15) is 69.4 Å². The number of nitrogens with zero attached hydrogens (tertiary/aromatic N) is 1. The molecule has 1 aromatic heterocycles. The predicted molar refractivity (Wildman–Crippen MR) is 122 cm³/mol. The Hall–Kier alpha value is -2.34. The van der Waals surface area contributed by atoms with Crippen molar-refractivity contribution in [2.45, 2.75) is 82.8 Å². The molecule has 5 rings (SSSR count). The molecular formula is C26H33NO5. The van der Waals surface area contributed by atoms with Crippen molar-refractivity contribution in [3.8, 4) is 5.75 Å². The number of ether oxygens (including phenoxy) is 1. The summed E-state index contributed by atoms with van der Waals surface area (Å²) in [4.78, 5) is 27.6. The highest BCUT2D eigenvalue weighted by molar-refractivity contribution is 5.84. The molecule has 1 saturated carbocycles. The third-order valence-corrected chi connectivity index (χ3v) is 7.86. The standard InChI is InChI=1S/C26H33NO5/c1-2-22(24(28)27-14-13-26(30)12-6-5-7-17(26)16-27)31-18-10-11-20-19-8-3-4-9-21(19)25(29)32-23(20)15-18/h10-11,15,17,22,30H,2-9,12-14,16H2,1H3/t17-,22+,26-/m0/s1. The van der Waals surface area contributed by atoms with Gasteiger partial charge in [0.2, 0.25) is 0 Å². The summed E-state index contributed by atoms with van der Waals surface area (Å²) in [6.45, 7) is 3.12. The number of fused-ring (bicyclic) bond motifs is 4. The zero-order valence-corrected chi connectivity index (χ0v) is 18.9. The van der Waals surface area contributed by atoms with Crippen molar-refractivity contribution < 1.29 is 19.1 Å². The number of likely N-dealkylation sites (tertiary alicyclic amines) is 1. The Morgan fingerprint density at radius 2 is 2.03 bits per heavy atom. The van der Waals surface area contributed by atoms with E-state index in [1.807, 2.05) is 24.0 Å². The maximum atomic E-state index is 13.3. The number of piperidine rings is 1. The van der Waals surface area contributed by atoms with Gasteiger partial charge >= 0.3 is 5.63 Å². The van der Waals surface area contributed by atoms with Crippen molar-refractivity contribution in [2.75, 3.05) is 13.1 Å². The third-order valence-electron chi connectivity index (χ3n) is 7.86. The lowest BCUT2D eigenvalue weighted by molar-refractivity contribution is -0.150. The van der Waals surface area contributed by atoms with E-state index in [2.05, 4.69) is 0 Å². The highest BCUT2D eigenvalue weighted by atomic mass is 16.5. The molecule has 1 aromatic carbocycles. The maximum Gasteiger partial charge on any atom is 0.339 e. The van der Waals surface area contributed by atoms with Crippen LogP contribution in [0.3, 0.4) is 0 Å². The number of carbonyl (C=O) groups excluding carboxylic acids is 1. The summed E-state index contributed by atoms with van der Waals surface area (Å²) in [5.74, 6) is 0.683. The van der Waals surface area contributed by atoms with Gasteiger partial charge in [-0.2, -0.15) is 0 Å². The van der Waals surface area contributed by atoms with Crippen molar-refractivity contribution in [1.29, 1.82) is 0 Å². The van der Waals surface area contributed by atoms with Gasteiger partial charge in [-0.15, -0.1) is 0 Å².